The Morgan fingerprint density at radius 2 is 1.82 bits per heavy atom. The number of aliphatic hydroxyl groups is 1. The van der Waals surface area contributed by atoms with E-state index in [9.17, 15) is 17.6 Å². The normalized spacial score (nSPS) is 17.5. The van der Waals surface area contributed by atoms with Gasteiger partial charge in [0.05, 0.1) is 13.2 Å². The molecule has 3 nitrogen and oxygen atoms in total. The Kier molecular flexibility index (Phi) is 6.52. The Labute approximate surface area is 126 Å². The summed E-state index contributed by atoms with van der Waals surface area (Å²) < 4.78 is 63.4. The van der Waals surface area contributed by atoms with Gasteiger partial charge in [0.2, 0.25) is 0 Å². The number of methoxy groups -OCH3 is 1. The van der Waals surface area contributed by atoms with Gasteiger partial charge in [-0.15, -0.1) is 0 Å². The van der Waals surface area contributed by atoms with Gasteiger partial charge >= 0.3 is 6.18 Å². The zero-order valence-corrected chi connectivity index (χ0v) is 12.0. The maximum atomic E-state index is 14.5. The molecule has 0 heterocycles. The molecule has 0 saturated carbocycles. The van der Waals surface area contributed by atoms with Crippen LogP contribution >= 0.6 is 0 Å². The highest BCUT2D eigenvalue weighted by Gasteiger charge is 2.61. The highest BCUT2D eigenvalue weighted by Crippen LogP contribution is 2.41. The van der Waals surface area contributed by atoms with Gasteiger partial charge in [0.1, 0.15) is 12.2 Å². The van der Waals surface area contributed by atoms with Crippen LogP contribution in [0.1, 0.15) is 5.56 Å². The lowest BCUT2D eigenvalue weighted by molar-refractivity contribution is -0.266. The van der Waals surface area contributed by atoms with Gasteiger partial charge in [-0.05, 0) is 11.6 Å². The minimum Gasteiger partial charge on any atom is -0.394 e. The van der Waals surface area contributed by atoms with Crippen molar-refractivity contribution in [3.8, 4) is 0 Å². The molecule has 3 atom stereocenters. The molecule has 1 rings (SSSR count). The summed E-state index contributed by atoms with van der Waals surface area (Å²) in [5, 5.41) is 9.14. The number of hydrogen-bond donors (Lipinski definition) is 1. The van der Waals surface area contributed by atoms with Crippen LogP contribution < -0.4 is 0 Å². The number of alkyl halides is 4. The molecule has 1 aromatic rings. The molecule has 0 radical (unpaired) electrons. The fourth-order valence-electron chi connectivity index (χ4n) is 1.95. The number of aliphatic hydroxyl groups excluding tert-OH is 1. The third-order valence-corrected chi connectivity index (χ3v) is 3.24. The lowest BCUT2D eigenvalue weighted by atomic mass is 9.93. The molecular weight excluding hydrogens is 304 g/mol. The van der Waals surface area contributed by atoms with Crippen LogP contribution in [0.5, 0.6) is 0 Å². The second-order valence-electron chi connectivity index (χ2n) is 4.64. The summed E-state index contributed by atoms with van der Waals surface area (Å²) in [5.41, 5.74) is -3.28. The van der Waals surface area contributed by atoms with Crippen molar-refractivity contribution in [1.29, 1.82) is 0 Å². The third-order valence-electron chi connectivity index (χ3n) is 3.24. The van der Waals surface area contributed by atoms with Crippen LogP contribution in [0.25, 0.3) is 0 Å². The first-order chi connectivity index (χ1) is 10.3. The van der Waals surface area contributed by atoms with Crippen LogP contribution in [0.4, 0.5) is 17.6 Å². The van der Waals surface area contributed by atoms with Crippen molar-refractivity contribution in [1.82, 2.24) is 0 Å². The van der Waals surface area contributed by atoms with Crippen molar-refractivity contribution in [3.63, 3.8) is 0 Å². The Morgan fingerprint density at radius 3 is 2.23 bits per heavy atom. The van der Waals surface area contributed by atoms with Crippen molar-refractivity contribution in [3.05, 3.63) is 48.6 Å². The van der Waals surface area contributed by atoms with Crippen LogP contribution in [0.3, 0.4) is 0 Å². The quantitative estimate of drug-likeness (QED) is 0.591. The van der Waals surface area contributed by atoms with Crippen LogP contribution in [-0.2, 0) is 16.1 Å². The number of halogens is 4. The Hall–Kier alpha value is -1.44. The molecule has 0 aliphatic carbocycles. The lowest BCUT2D eigenvalue weighted by Gasteiger charge is -2.36. The van der Waals surface area contributed by atoms with Crippen LogP contribution in [0.2, 0.25) is 0 Å². The molecule has 1 aromatic carbocycles. The summed E-state index contributed by atoms with van der Waals surface area (Å²) in [6.45, 7) is 1.82. The van der Waals surface area contributed by atoms with Gasteiger partial charge in [0.25, 0.3) is 5.67 Å². The van der Waals surface area contributed by atoms with Gasteiger partial charge in [-0.1, -0.05) is 36.9 Å². The van der Waals surface area contributed by atoms with E-state index in [0.717, 1.165) is 7.11 Å². The second-order valence-corrected chi connectivity index (χ2v) is 4.64. The average molecular weight is 322 g/mol. The molecule has 0 unspecified atom stereocenters. The number of ether oxygens (including phenoxy) is 2. The van der Waals surface area contributed by atoms with Crippen molar-refractivity contribution >= 4 is 0 Å². The zero-order valence-electron chi connectivity index (χ0n) is 12.0. The van der Waals surface area contributed by atoms with E-state index in [2.05, 4.69) is 6.58 Å². The van der Waals surface area contributed by atoms with E-state index in [4.69, 9.17) is 14.6 Å². The van der Waals surface area contributed by atoms with Gasteiger partial charge in [0, 0.05) is 7.11 Å². The van der Waals surface area contributed by atoms with E-state index >= 15 is 0 Å². The summed E-state index contributed by atoms with van der Waals surface area (Å²) in [4.78, 5) is 0. The first-order valence-electron chi connectivity index (χ1n) is 6.48. The maximum absolute atomic E-state index is 14.5. The van der Waals surface area contributed by atoms with E-state index in [0.29, 0.717) is 5.56 Å². The van der Waals surface area contributed by atoms with Gasteiger partial charge in [-0.25, -0.2) is 4.39 Å². The zero-order chi connectivity index (χ0) is 16.8. The number of hydrogen-bond acceptors (Lipinski definition) is 3. The van der Waals surface area contributed by atoms with Gasteiger partial charge in [-0.3, -0.25) is 0 Å². The lowest BCUT2D eigenvalue weighted by Crippen LogP contribution is -2.56. The van der Waals surface area contributed by atoms with E-state index in [1.165, 1.54) is 0 Å². The molecule has 0 saturated heterocycles. The number of rotatable bonds is 8. The summed E-state index contributed by atoms with van der Waals surface area (Å²) in [5.74, 6) is 0. The van der Waals surface area contributed by atoms with E-state index in [1.807, 2.05) is 0 Å². The Morgan fingerprint density at radius 1 is 1.23 bits per heavy atom. The highest BCUT2D eigenvalue weighted by atomic mass is 19.4. The smallest absolute Gasteiger partial charge is 0.394 e. The predicted molar refractivity (Wildman–Crippen MR) is 73.0 cm³/mol. The standard InChI is InChI=1S/C15H18F4O3/c1-3-14(16,15(17,18)19)13(12(9-20)21-2)22-10-11-7-5-4-6-8-11/h3-8,12-13,20H,1,9-10H2,2H3/t12-,13-,14+/m1/s1. The largest absolute Gasteiger partial charge is 0.428 e. The van der Waals surface area contributed by atoms with E-state index in [-0.39, 0.29) is 12.7 Å². The fourth-order valence-corrected chi connectivity index (χ4v) is 1.95. The predicted octanol–water partition coefficient (Wildman–Crippen LogP) is 3.04. The molecule has 0 spiro atoms. The van der Waals surface area contributed by atoms with Crippen molar-refractivity contribution in [2.45, 2.75) is 30.7 Å². The molecule has 124 valence electrons. The van der Waals surface area contributed by atoms with Crippen LogP contribution in [-0.4, -0.2) is 42.9 Å². The SMILES string of the molecule is C=C[C@](F)([C@H](OCc1ccccc1)[C@@H](CO)OC)C(F)(F)F. The van der Waals surface area contributed by atoms with Gasteiger partial charge in [0.15, 0.2) is 0 Å². The summed E-state index contributed by atoms with van der Waals surface area (Å²) in [7, 11) is 1.07. The van der Waals surface area contributed by atoms with Crippen molar-refractivity contribution in [2.75, 3.05) is 13.7 Å². The second kappa shape index (κ2) is 7.71. The van der Waals surface area contributed by atoms with Crippen molar-refractivity contribution in [2.24, 2.45) is 0 Å². The first kappa shape index (κ1) is 18.6. The minimum atomic E-state index is -5.25. The van der Waals surface area contributed by atoms with Gasteiger partial charge in [-0.2, -0.15) is 13.2 Å². The van der Waals surface area contributed by atoms with E-state index < -0.39 is 30.7 Å². The monoisotopic (exact) mass is 322 g/mol. The Balaban J connectivity index is 3.04. The molecule has 7 heteroatoms. The van der Waals surface area contributed by atoms with Gasteiger partial charge < -0.3 is 14.6 Å². The molecule has 0 amide bonds. The average Bonchev–Trinajstić information content (AvgIpc) is 2.50. The molecule has 0 aliphatic rings. The van der Waals surface area contributed by atoms with Crippen LogP contribution in [0, 0.1) is 0 Å². The minimum absolute atomic E-state index is 0.129. The third kappa shape index (κ3) is 4.06. The van der Waals surface area contributed by atoms with Crippen molar-refractivity contribution < 1.29 is 32.1 Å². The number of benzene rings is 1. The summed E-state index contributed by atoms with van der Waals surface area (Å²) in [6.07, 6.45) is -8.69. The molecule has 0 aromatic heterocycles. The maximum Gasteiger partial charge on any atom is 0.428 e. The topological polar surface area (TPSA) is 38.7 Å². The molecular formula is C15H18F4O3. The Bertz CT molecular complexity index is 460. The molecule has 0 aliphatic heterocycles. The molecule has 1 N–H and O–H groups in total. The van der Waals surface area contributed by atoms with Crippen LogP contribution in [0.15, 0.2) is 43.0 Å². The highest BCUT2D eigenvalue weighted by molar-refractivity contribution is 5.14. The fraction of sp³-hybridized carbons (Fsp3) is 0.467. The molecule has 0 fully saturated rings. The summed E-state index contributed by atoms with van der Waals surface area (Å²) in [6, 6.07) is 8.32. The van der Waals surface area contributed by atoms with E-state index in [1.54, 1.807) is 30.3 Å². The molecule has 22 heavy (non-hydrogen) atoms. The molecule has 0 bridgehead atoms. The first-order valence-corrected chi connectivity index (χ1v) is 6.48. The summed E-state index contributed by atoms with van der Waals surface area (Å²) >= 11 is 0.